The van der Waals surface area contributed by atoms with Crippen molar-refractivity contribution < 1.29 is 25.8 Å². The molecule has 0 saturated carbocycles. The normalized spacial score (nSPS) is 20.0. The average molecular weight is 323 g/mol. The van der Waals surface area contributed by atoms with Crippen LogP contribution in [0.2, 0.25) is 0 Å². The fraction of sp³-hybridized carbons (Fsp3) is 0.538. The summed E-state index contributed by atoms with van der Waals surface area (Å²) in [6.45, 7) is 1.13. The second-order valence-corrected chi connectivity index (χ2v) is 6.78. The summed E-state index contributed by atoms with van der Waals surface area (Å²) in [7, 11) is -3.49. The zero-order chi connectivity index (χ0) is 15.7. The van der Waals surface area contributed by atoms with E-state index in [2.05, 4.69) is 0 Å². The van der Waals surface area contributed by atoms with Crippen molar-refractivity contribution in [3.05, 3.63) is 29.8 Å². The standard InChI is InChI=1S/C13H16F3NO3S/c1-21(18,19)20-9-10-5-6-17(8-10)12-4-2-3-11(7-12)13(14,15)16/h2-4,7,10H,5-6,8-9H2,1H3. The SMILES string of the molecule is CS(=O)(=O)OCC1CCN(c2cccc(C(F)(F)F)c2)C1. The molecule has 1 aliphatic rings. The molecule has 1 heterocycles. The van der Waals surface area contributed by atoms with E-state index in [-0.39, 0.29) is 12.5 Å². The van der Waals surface area contributed by atoms with E-state index in [9.17, 15) is 21.6 Å². The maximum absolute atomic E-state index is 12.7. The molecule has 0 N–H and O–H groups in total. The highest BCUT2D eigenvalue weighted by molar-refractivity contribution is 7.85. The van der Waals surface area contributed by atoms with Gasteiger partial charge in [0.2, 0.25) is 0 Å². The molecular weight excluding hydrogens is 307 g/mol. The maximum atomic E-state index is 12.7. The molecule has 1 atom stereocenters. The summed E-state index contributed by atoms with van der Waals surface area (Å²) < 4.78 is 64.6. The summed E-state index contributed by atoms with van der Waals surface area (Å²) in [6, 6.07) is 5.14. The van der Waals surface area contributed by atoms with Crippen LogP contribution >= 0.6 is 0 Å². The summed E-state index contributed by atoms with van der Waals surface area (Å²) >= 11 is 0. The third-order valence-electron chi connectivity index (χ3n) is 3.34. The fourth-order valence-corrected chi connectivity index (χ4v) is 2.74. The summed E-state index contributed by atoms with van der Waals surface area (Å²) in [5.74, 6) is -0.00531. The first-order valence-electron chi connectivity index (χ1n) is 6.42. The molecule has 0 aromatic heterocycles. The first kappa shape index (κ1) is 16.1. The van der Waals surface area contributed by atoms with Gasteiger partial charge < -0.3 is 4.90 Å². The lowest BCUT2D eigenvalue weighted by Gasteiger charge is -2.20. The number of alkyl halides is 3. The Morgan fingerprint density at radius 1 is 1.38 bits per heavy atom. The monoisotopic (exact) mass is 323 g/mol. The van der Waals surface area contributed by atoms with E-state index >= 15 is 0 Å². The summed E-state index contributed by atoms with van der Waals surface area (Å²) in [5.41, 5.74) is -0.192. The molecule has 0 bridgehead atoms. The lowest BCUT2D eigenvalue weighted by Crippen LogP contribution is -2.22. The Balaban J connectivity index is 2.01. The van der Waals surface area contributed by atoms with E-state index in [1.54, 1.807) is 6.07 Å². The first-order chi connectivity index (χ1) is 9.65. The molecule has 4 nitrogen and oxygen atoms in total. The van der Waals surface area contributed by atoms with E-state index < -0.39 is 21.9 Å². The maximum Gasteiger partial charge on any atom is 0.416 e. The van der Waals surface area contributed by atoms with Gasteiger partial charge >= 0.3 is 6.18 Å². The summed E-state index contributed by atoms with van der Waals surface area (Å²) in [6.07, 6.45) is -2.70. The second-order valence-electron chi connectivity index (χ2n) is 5.14. The van der Waals surface area contributed by atoms with Crippen molar-refractivity contribution in [1.82, 2.24) is 0 Å². The lowest BCUT2D eigenvalue weighted by atomic mass is 10.1. The van der Waals surface area contributed by atoms with Crippen molar-refractivity contribution >= 4 is 15.8 Å². The highest BCUT2D eigenvalue weighted by Gasteiger charge is 2.31. The Kier molecular flexibility index (Phi) is 4.48. The van der Waals surface area contributed by atoms with Crippen LogP contribution < -0.4 is 4.90 Å². The predicted molar refractivity (Wildman–Crippen MR) is 72.6 cm³/mol. The van der Waals surface area contributed by atoms with Crippen LogP contribution in [0.4, 0.5) is 18.9 Å². The first-order valence-corrected chi connectivity index (χ1v) is 8.23. The van der Waals surface area contributed by atoms with Crippen LogP contribution in [0.3, 0.4) is 0 Å². The van der Waals surface area contributed by atoms with Gasteiger partial charge in [-0.3, -0.25) is 4.18 Å². The molecule has 0 radical (unpaired) electrons. The molecule has 1 saturated heterocycles. The molecular formula is C13H16F3NO3S. The zero-order valence-electron chi connectivity index (χ0n) is 11.4. The highest BCUT2D eigenvalue weighted by atomic mass is 32.2. The van der Waals surface area contributed by atoms with Crippen LogP contribution in [0, 0.1) is 5.92 Å². The van der Waals surface area contributed by atoms with Gasteiger partial charge in [-0.2, -0.15) is 21.6 Å². The quantitative estimate of drug-likeness (QED) is 0.799. The molecule has 118 valence electrons. The Morgan fingerprint density at radius 3 is 2.71 bits per heavy atom. The summed E-state index contributed by atoms with van der Waals surface area (Å²) in [4.78, 5) is 1.81. The molecule has 1 aromatic rings. The van der Waals surface area contributed by atoms with Crippen LogP contribution in [0.1, 0.15) is 12.0 Å². The molecule has 1 fully saturated rings. The Labute approximate surface area is 121 Å². The van der Waals surface area contributed by atoms with E-state index in [0.29, 0.717) is 25.2 Å². The van der Waals surface area contributed by atoms with Gasteiger partial charge in [-0.25, -0.2) is 0 Å². The van der Waals surface area contributed by atoms with Crippen molar-refractivity contribution in [2.24, 2.45) is 5.92 Å². The van der Waals surface area contributed by atoms with Crippen molar-refractivity contribution in [1.29, 1.82) is 0 Å². The lowest BCUT2D eigenvalue weighted by molar-refractivity contribution is -0.137. The number of rotatable bonds is 4. The van der Waals surface area contributed by atoms with Gasteiger partial charge in [-0.15, -0.1) is 0 Å². The second kappa shape index (κ2) is 5.84. The Bertz CT molecular complexity index is 601. The van der Waals surface area contributed by atoms with Gasteiger partial charge in [0, 0.05) is 24.7 Å². The van der Waals surface area contributed by atoms with Crippen molar-refractivity contribution in [2.45, 2.75) is 12.6 Å². The Hall–Kier alpha value is -1.28. The Morgan fingerprint density at radius 2 is 2.10 bits per heavy atom. The largest absolute Gasteiger partial charge is 0.416 e. The van der Waals surface area contributed by atoms with Crippen molar-refractivity contribution in [2.75, 3.05) is 30.9 Å². The number of hydrogen-bond acceptors (Lipinski definition) is 4. The molecule has 0 aliphatic carbocycles. The molecule has 1 aromatic carbocycles. The van der Waals surface area contributed by atoms with Gasteiger partial charge in [0.25, 0.3) is 10.1 Å². The number of anilines is 1. The average Bonchev–Trinajstić information content (AvgIpc) is 2.83. The van der Waals surface area contributed by atoms with Gasteiger partial charge in [-0.05, 0) is 24.6 Å². The van der Waals surface area contributed by atoms with Gasteiger partial charge in [0.05, 0.1) is 18.4 Å². The van der Waals surface area contributed by atoms with E-state index in [1.807, 2.05) is 4.90 Å². The minimum atomic E-state index is -4.37. The van der Waals surface area contributed by atoms with Gasteiger partial charge in [0.1, 0.15) is 0 Å². The number of nitrogens with zero attached hydrogens (tertiary/aromatic N) is 1. The topological polar surface area (TPSA) is 46.6 Å². The van der Waals surface area contributed by atoms with Crippen LogP contribution in [-0.4, -0.2) is 34.4 Å². The molecule has 0 spiro atoms. The highest BCUT2D eigenvalue weighted by Crippen LogP contribution is 2.33. The zero-order valence-corrected chi connectivity index (χ0v) is 12.2. The number of halogens is 3. The summed E-state index contributed by atoms with van der Waals surface area (Å²) in [5, 5.41) is 0. The molecule has 21 heavy (non-hydrogen) atoms. The minimum Gasteiger partial charge on any atom is -0.371 e. The van der Waals surface area contributed by atoms with Gasteiger partial charge in [-0.1, -0.05) is 6.07 Å². The van der Waals surface area contributed by atoms with Crippen LogP contribution in [0.15, 0.2) is 24.3 Å². The fourth-order valence-electron chi connectivity index (χ4n) is 2.30. The third kappa shape index (κ3) is 4.60. The van der Waals surface area contributed by atoms with Crippen LogP contribution in [0.25, 0.3) is 0 Å². The number of benzene rings is 1. The number of hydrogen-bond donors (Lipinski definition) is 0. The van der Waals surface area contributed by atoms with Crippen molar-refractivity contribution in [3.8, 4) is 0 Å². The van der Waals surface area contributed by atoms with E-state index in [1.165, 1.54) is 6.07 Å². The van der Waals surface area contributed by atoms with Crippen LogP contribution in [0.5, 0.6) is 0 Å². The van der Waals surface area contributed by atoms with Gasteiger partial charge in [0.15, 0.2) is 0 Å². The molecule has 8 heteroatoms. The minimum absolute atomic E-state index is 0.00531. The third-order valence-corrected chi connectivity index (χ3v) is 3.91. The smallest absolute Gasteiger partial charge is 0.371 e. The molecule has 1 aliphatic heterocycles. The molecule has 0 amide bonds. The van der Waals surface area contributed by atoms with E-state index in [0.717, 1.165) is 18.4 Å². The van der Waals surface area contributed by atoms with Crippen LogP contribution in [-0.2, 0) is 20.5 Å². The predicted octanol–water partition coefficient (Wildman–Crippen LogP) is 2.51. The molecule has 1 unspecified atom stereocenters. The molecule has 2 rings (SSSR count). The van der Waals surface area contributed by atoms with E-state index in [4.69, 9.17) is 4.18 Å². The van der Waals surface area contributed by atoms with Crippen molar-refractivity contribution in [3.63, 3.8) is 0 Å².